The maximum absolute atomic E-state index is 9.83. The van der Waals surface area contributed by atoms with Crippen LogP contribution in [0.25, 0.3) is 11.3 Å². The average molecular weight is 433 g/mol. The molecule has 0 aliphatic carbocycles. The molecule has 4 rings (SSSR count). The Balaban J connectivity index is 1.87. The summed E-state index contributed by atoms with van der Waals surface area (Å²) >= 11 is 4.84. The summed E-state index contributed by atoms with van der Waals surface area (Å²) in [5.74, 6) is -0.0777. The minimum Gasteiger partial charge on any atom is -0.504 e. The maximum atomic E-state index is 9.83. The zero-order valence-electron chi connectivity index (χ0n) is 13.5. The second-order valence-electron chi connectivity index (χ2n) is 5.53. The number of ether oxygens (including phenoxy) is 1. The molecule has 0 radical (unpaired) electrons. The number of benzene rings is 2. The maximum Gasteiger partial charge on any atom is 0.247 e. The van der Waals surface area contributed by atoms with Crippen LogP contribution in [0.15, 0.2) is 46.0 Å². The number of nitrogens with one attached hydrogen (secondary N) is 1. The van der Waals surface area contributed by atoms with E-state index in [-0.39, 0.29) is 11.5 Å². The van der Waals surface area contributed by atoms with E-state index in [1.807, 2.05) is 24.5 Å². The minimum atomic E-state index is -0.630. The van der Waals surface area contributed by atoms with E-state index < -0.39 is 6.23 Å². The van der Waals surface area contributed by atoms with Crippen molar-refractivity contribution in [1.82, 2.24) is 15.2 Å². The van der Waals surface area contributed by atoms with Crippen LogP contribution in [0, 0.1) is 0 Å². The summed E-state index contributed by atoms with van der Waals surface area (Å²) in [5, 5.41) is 31.6. The third-order valence-electron chi connectivity index (χ3n) is 3.87. The van der Waals surface area contributed by atoms with Crippen LogP contribution < -0.4 is 10.1 Å². The predicted molar refractivity (Wildman–Crippen MR) is 102 cm³/mol. The van der Waals surface area contributed by atoms with E-state index in [1.54, 1.807) is 6.07 Å². The van der Waals surface area contributed by atoms with Crippen LogP contribution >= 0.6 is 27.7 Å². The van der Waals surface area contributed by atoms with Crippen molar-refractivity contribution in [1.29, 1.82) is 0 Å². The van der Waals surface area contributed by atoms with Crippen LogP contribution in [0.2, 0.25) is 0 Å². The number of phenolic OH excluding ortho intramolecular Hbond substituents is 2. The first-order valence-corrected chi connectivity index (χ1v) is 9.60. The lowest BCUT2D eigenvalue weighted by Gasteiger charge is -2.19. The molecule has 132 valence electrons. The first-order valence-electron chi connectivity index (χ1n) is 7.59. The molecule has 0 fully saturated rings. The first-order chi connectivity index (χ1) is 12.5. The summed E-state index contributed by atoms with van der Waals surface area (Å²) in [5.41, 5.74) is 2.74. The van der Waals surface area contributed by atoms with Crippen molar-refractivity contribution in [2.24, 2.45) is 0 Å². The molecule has 3 aromatic rings. The molecular formula is C17H13BrN4O3S. The molecule has 3 N–H and O–H groups in total. The number of rotatable bonds is 2. The normalized spacial score (nSPS) is 15.2. The van der Waals surface area contributed by atoms with E-state index in [0.29, 0.717) is 22.3 Å². The molecule has 2 aromatic carbocycles. The molecular weight excluding hydrogens is 420 g/mol. The average Bonchev–Trinajstić information content (AvgIpc) is 2.80. The van der Waals surface area contributed by atoms with Gasteiger partial charge in [0.1, 0.15) is 0 Å². The van der Waals surface area contributed by atoms with Gasteiger partial charge < -0.3 is 20.3 Å². The third kappa shape index (κ3) is 3.04. The molecule has 1 aromatic heterocycles. The molecule has 1 aliphatic rings. The monoisotopic (exact) mass is 432 g/mol. The highest BCUT2D eigenvalue weighted by atomic mass is 79.9. The van der Waals surface area contributed by atoms with Crippen LogP contribution in [-0.4, -0.2) is 31.7 Å². The molecule has 1 aliphatic heterocycles. The molecule has 0 saturated carbocycles. The SMILES string of the molecule is CSc1nnc2c(n1)OC(c1ccc(O)c(O)c1)Nc1ccc(Br)cc1-2. The number of aromatic nitrogens is 3. The van der Waals surface area contributed by atoms with Crippen LogP contribution in [-0.2, 0) is 0 Å². The molecule has 1 unspecified atom stereocenters. The van der Waals surface area contributed by atoms with Crippen LogP contribution in [0.4, 0.5) is 5.69 Å². The van der Waals surface area contributed by atoms with Crippen molar-refractivity contribution >= 4 is 33.4 Å². The number of anilines is 1. The second kappa shape index (κ2) is 6.65. The van der Waals surface area contributed by atoms with Gasteiger partial charge in [0.05, 0.1) is 0 Å². The zero-order valence-corrected chi connectivity index (χ0v) is 15.9. The van der Waals surface area contributed by atoms with Crippen LogP contribution in [0.3, 0.4) is 0 Å². The Labute approximate surface area is 161 Å². The van der Waals surface area contributed by atoms with Gasteiger partial charge in [0.15, 0.2) is 23.4 Å². The van der Waals surface area contributed by atoms with Gasteiger partial charge in [0.25, 0.3) is 0 Å². The molecule has 1 atom stereocenters. The number of halogens is 1. The van der Waals surface area contributed by atoms with Gasteiger partial charge in [-0.3, -0.25) is 0 Å². The number of nitrogens with zero attached hydrogens (tertiary/aromatic N) is 3. The van der Waals surface area contributed by atoms with Crippen molar-refractivity contribution in [2.75, 3.05) is 11.6 Å². The lowest BCUT2D eigenvalue weighted by Crippen LogP contribution is -2.17. The smallest absolute Gasteiger partial charge is 0.247 e. The number of fused-ring (bicyclic) bond motifs is 3. The summed E-state index contributed by atoms with van der Waals surface area (Å²) in [4.78, 5) is 4.44. The lowest BCUT2D eigenvalue weighted by atomic mass is 10.1. The summed E-state index contributed by atoms with van der Waals surface area (Å²) in [6, 6.07) is 10.2. The standard InChI is InChI=1S/C17H13BrN4O3S/c1-26-17-20-16-14(21-22-17)10-7-9(18)3-4-11(10)19-15(25-16)8-2-5-12(23)13(24)6-8/h2-7,15,19,23-24H,1H3. The number of hydrogen-bond donors (Lipinski definition) is 3. The molecule has 0 spiro atoms. The Morgan fingerprint density at radius 1 is 1.12 bits per heavy atom. The van der Waals surface area contributed by atoms with E-state index in [0.717, 1.165) is 15.7 Å². The van der Waals surface area contributed by atoms with Gasteiger partial charge in [-0.1, -0.05) is 27.7 Å². The van der Waals surface area contributed by atoms with E-state index >= 15 is 0 Å². The molecule has 9 heteroatoms. The second-order valence-corrected chi connectivity index (χ2v) is 7.22. The molecule has 7 nitrogen and oxygen atoms in total. The number of aromatic hydroxyl groups is 2. The Hall–Kier alpha value is -2.52. The van der Waals surface area contributed by atoms with Gasteiger partial charge in [-0.25, -0.2) is 0 Å². The molecule has 26 heavy (non-hydrogen) atoms. The van der Waals surface area contributed by atoms with Crippen molar-refractivity contribution in [2.45, 2.75) is 11.4 Å². The van der Waals surface area contributed by atoms with Gasteiger partial charge in [-0.2, -0.15) is 4.98 Å². The molecule has 2 heterocycles. The van der Waals surface area contributed by atoms with E-state index in [4.69, 9.17) is 4.74 Å². The Morgan fingerprint density at radius 3 is 2.73 bits per heavy atom. The van der Waals surface area contributed by atoms with Crippen molar-refractivity contribution in [3.8, 4) is 28.6 Å². The Kier molecular flexibility index (Phi) is 4.33. The summed E-state index contributed by atoms with van der Waals surface area (Å²) in [6.07, 6.45) is 1.23. The zero-order chi connectivity index (χ0) is 18.3. The number of hydrogen-bond acceptors (Lipinski definition) is 8. The molecule has 0 saturated heterocycles. The van der Waals surface area contributed by atoms with Gasteiger partial charge in [0, 0.05) is 21.3 Å². The van der Waals surface area contributed by atoms with Gasteiger partial charge in [-0.15, -0.1) is 10.2 Å². The fourth-order valence-electron chi connectivity index (χ4n) is 2.61. The van der Waals surface area contributed by atoms with Crippen molar-refractivity contribution in [3.05, 3.63) is 46.4 Å². The summed E-state index contributed by atoms with van der Waals surface area (Å²) in [6.45, 7) is 0. The van der Waals surface area contributed by atoms with Gasteiger partial charge >= 0.3 is 0 Å². The summed E-state index contributed by atoms with van der Waals surface area (Å²) < 4.78 is 6.95. The van der Waals surface area contributed by atoms with E-state index in [9.17, 15) is 10.2 Å². The van der Waals surface area contributed by atoms with Crippen LogP contribution in [0.5, 0.6) is 17.4 Å². The number of thioether (sulfide) groups is 1. The van der Waals surface area contributed by atoms with Crippen molar-refractivity contribution in [3.63, 3.8) is 0 Å². The fraction of sp³-hybridized carbons (Fsp3) is 0.118. The topological polar surface area (TPSA) is 100 Å². The Bertz CT molecular complexity index is 1000. The number of phenols is 2. The largest absolute Gasteiger partial charge is 0.504 e. The highest BCUT2D eigenvalue weighted by Crippen LogP contribution is 2.41. The molecule has 0 amide bonds. The predicted octanol–water partition coefficient (Wildman–Crippen LogP) is 3.94. The molecule has 0 bridgehead atoms. The minimum absolute atomic E-state index is 0.194. The fourth-order valence-corrected chi connectivity index (χ4v) is 3.27. The van der Waals surface area contributed by atoms with E-state index in [2.05, 4.69) is 36.4 Å². The first kappa shape index (κ1) is 16.9. The van der Waals surface area contributed by atoms with Crippen molar-refractivity contribution < 1.29 is 14.9 Å². The quantitative estimate of drug-likeness (QED) is 0.413. The van der Waals surface area contributed by atoms with Crippen LogP contribution in [0.1, 0.15) is 11.8 Å². The highest BCUT2D eigenvalue weighted by molar-refractivity contribution is 9.10. The summed E-state index contributed by atoms with van der Waals surface area (Å²) in [7, 11) is 0. The van der Waals surface area contributed by atoms with Gasteiger partial charge in [-0.05, 0) is 42.7 Å². The van der Waals surface area contributed by atoms with Gasteiger partial charge in [0.2, 0.25) is 11.0 Å². The highest BCUT2D eigenvalue weighted by Gasteiger charge is 2.26. The van der Waals surface area contributed by atoms with E-state index in [1.165, 1.54) is 23.9 Å². The third-order valence-corrected chi connectivity index (χ3v) is 4.90. The lowest BCUT2D eigenvalue weighted by molar-refractivity contribution is 0.224. The Morgan fingerprint density at radius 2 is 1.96 bits per heavy atom.